The summed E-state index contributed by atoms with van der Waals surface area (Å²) in [7, 11) is 3.53. The number of carboxylic acids is 1. The van der Waals surface area contributed by atoms with E-state index in [1.54, 1.807) is 25.3 Å². The smallest absolute Gasteiger partial charge is 0.335 e. The lowest BCUT2D eigenvalue weighted by Crippen LogP contribution is -2.22. The minimum Gasteiger partial charge on any atom is -0.496 e. The van der Waals surface area contributed by atoms with Crippen LogP contribution in [0, 0.1) is 5.92 Å². The highest BCUT2D eigenvalue weighted by Gasteiger charge is 2.17. The van der Waals surface area contributed by atoms with Gasteiger partial charge in [-0.05, 0) is 54.3 Å². The van der Waals surface area contributed by atoms with Gasteiger partial charge in [-0.15, -0.1) is 0 Å². The molecule has 0 radical (unpaired) electrons. The lowest BCUT2D eigenvalue weighted by atomic mass is 9.99. The number of aryl methyl sites for hydroxylation is 1. The molecular weight excluding hydrogens is 392 g/mol. The van der Waals surface area contributed by atoms with Crippen LogP contribution in [0.2, 0.25) is 0 Å². The molecule has 0 bridgehead atoms. The zero-order valence-electron chi connectivity index (χ0n) is 18.6. The average molecular weight is 423 g/mol. The van der Waals surface area contributed by atoms with Crippen LogP contribution in [0.5, 0.6) is 5.75 Å². The van der Waals surface area contributed by atoms with Gasteiger partial charge in [0.1, 0.15) is 5.75 Å². The number of anilines is 1. The molecule has 0 saturated carbocycles. The monoisotopic (exact) mass is 422 g/mol. The molecule has 3 rings (SSSR count). The van der Waals surface area contributed by atoms with E-state index in [1.165, 1.54) is 0 Å². The Morgan fingerprint density at radius 3 is 2.55 bits per heavy atom. The molecule has 2 N–H and O–H groups in total. The number of fused-ring (bicyclic) bond motifs is 1. The van der Waals surface area contributed by atoms with Gasteiger partial charge in [0, 0.05) is 42.2 Å². The number of rotatable bonds is 9. The van der Waals surface area contributed by atoms with Gasteiger partial charge in [0.2, 0.25) is 5.91 Å². The summed E-state index contributed by atoms with van der Waals surface area (Å²) in [5, 5.41) is 13.4. The summed E-state index contributed by atoms with van der Waals surface area (Å²) >= 11 is 0. The van der Waals surface area contributed by atoms with Gasteiger partial charge in [-0.2, -0.15) is 0 Å². The number of carboxylic acid groups (broad SMARTS) is 1. The number of carbonyl (C=O) groups excluding carboxylic acids is 1. The summed E-state index contributed by atoms with van der Waals surface area (Å²) in [5.41, 5.74) is 4.03. The molecule has 0 saturated heterocycles. The molecule has 2 aromatic carbocycles. The predicted octanol–water partition coefficient (Wildman–Crippen LogP) is 5.24. The van der Waals surface area contributed by atoms with Gasteiger partial charge in [-0.3, -0.25) is 4.79 Å². The summed E-state index contributed by atoms with van der Waals surface area (Å²) in [6, 6.07) is 10.9. The number of aromatic nitrogens is 1. The Morgan fingerprint density at radius 1 is 1.13 bits per heavy atom. The van der Waals surface area contributed by atoms with E-state index in [0.717, 1.165) is 47.0 Å². The maximum atomic E-state index is 12.6. The summed E-state index contributed by atoms with van der Waals surface area (Å²) in [4.78, 5) is 23.9. The van der Waals surface area contributed by atoms with E-state index < -0.39 is 5.97 Å². The first-order valence-corrected chi connectivity index (χ1v) is 10.7. The van der Waals surface area contributed by atoms with Crippen molar-refractivity contribution in [2.45, 2.75) is 39.5 Å². The Balaban J connectivity index is 1.92. The van der Waals surface area contributed by atoms with Crippen LogP contribution in [-0.4, -0.2) is 28.7 Å². The van der Waals surface area contributed by atoms with Crippen LogP contribution >= 0.6 is 0 Å². The Labute approximate surface area is 182 Å². The number of carbonyl (C=O) groups is 2. The molecule has 3 aromatic rings. The minimum atomic E-state index is -0.983. The van der Waals surface area contributed by atoms with E-state index >= 15 is 0 Å². The molecule has 6 heteroatoms. The number of benzene rings is 2. The van der Waals surface area contributed by atoms with Crippen LogP contribution in [0.25, 0.3) is 10.9 Å². The lowest BCUT2D eigenvalue weighted by molar-refractivity contribution is -0.120. The van der Waals surface area contributed by atoms with Crippen molar-refractivity contribution in [2.24, 2.45) is 13.0 Å². The molecule has 1 heterocycles. The Bertz CT molecular complexity index is 1100. The van der Waals surface area contributed by atoms with Crippen molar-refractivity contribution >= 4 is 28.5 Å². The average Bonchev–Trinajstić information content (AvgIpc) is 3.06. The van der Waals surface area contributed by atoms with E-state index in [2.05, 4.69) is 23.0 Å². The molecule has 1 atom stereocenters. The molecule has 164 valence electrons. The standard InChI is InChI=1S/C25H30N2O4/c1-5-7-16(6-2)24(28)26-20-10-11-22-21(14-20)19(15-27(22)3)12-17-8-9-18(25(29)30)13-23(17)31-4/h8-11,13-16H,5-7,12H2,1-4H3,(H,26,28)(H,29,30). The summed E-state index contributed by atoms with van der Waals surface area (Å²) in [6.07, 6.45) is 5.34. The first-order chi connectivity index (χ1) is 14.9. The molecule has 31 heavy (non-hydrogen) atoms. The normalized spacial score (nSPS) is 12.0. The van der Waals surface area contributed by atoms with Crippen LogP contribution in [-0.2, 0) is 18.3 Å². The first-order valence-electron chi connectivity index (χ1n) is 10.7. The van der Waals surface area contributed by atoms with Gasteiger partial charge in [-0.1, -0.05) is 26.3 Å². The van der Waals surface area contributed by atoms with Crippen molar-refractivity contribution in [3.8, 4) is 5.75 Å². The van der Waals surface area contributed by atoms with Crippen LogP contribution in [0.3, 0.4) is 0 Å². The van der Waals surface area contributed by atoms with Crippen molar-refractivity contribution in [1.82, 2.24) is 4.57 Å². The second kappa shape index (κ2) is 9.69. The topological polar surface area (TPSA) is 80.6 Å². The molecule has 0 aliphatic rings. The van der Waals surface area contributed by atoms with Crippen LogP contribution in [0.15, 0.2) is 42.6 Å². The third-order valence-electron chi connectivity index (χ3n) is 5.76. The maximum Gasteiger partial charge on any atom is 0.335 e. The zero-order valence-corrected chi connectivity index (χ0v) is 18.6. The van der Waals surface area contributed by atoms with Gasteiger partial charge < -0.3 is 19.7 Å². The highest BCUT2D eigenvalue weighted by molar-refractivity contribution is 5.96. The highest BCUT2D eigenvalue weighted by atomic mass is 16.5. The fourth-order valence-electron chi connectivity index (χ4n) is 4.03. The maximum absolute atomic E-state index is 12.6. The third-order valence-corrected chi connectivity index (χ3v) is 5.76. The van der Waals surface area contributed by atoms with Gasteiger partial charge in [-0.25, -0.2) is 4.79 Å². The van der Waals surface area contributed by atoms with E-state index in [-0.39, 0.29) is 17.4 Å². The SMILES string of the molecule is CCCC(CC)C(=O)Nc1ccc2c(c1)c(Cc1ccc(C(=O)O)cc1OC)cn2C. The van der Waals surface area contributed by atoms with Crippen LogP contribution in [0.4, 0.5) is 5.69 Å². The number of nitrogens with zero attached hydrogens (tertiary/aromatic N) is 1. The van der Waals surface area contributed by atoms with Crippen molar-refractivity contribution in [3.63, 3.8) is 0 Å². The fourth-order valence-corrected chi connectivity index (χ4v) is 4.03. The number of methoxy groups -OCH3 is 1. The molecule has 1 aromatic heterocycles. The largest absolute Gasteiger partial charge is 0.496 e. The van der Waals surface area contributed by atoms with E-state index in [4.69, 9.17) is 4.74 Å². The number of hydrogen-bond acceptors (Lipinski definition) is 3. The first kappa shape index (κ1) is 22.4. The number of nitrogens with one attached hydrogen (secondary N) is 1. The molecule has 0 fully saturated rings. The van der Waals surface area contributed by atoms with E-state index in [0.29, 0.717) is 12.2 Å². The molecule has 0 aliphatic carbocycles. The Morgan fingerprint density at radius 2 is 1.90 bits per heavy atom. The van der Waals surface area contributed by atoms with Crippen molar-refractivity contribution in [3.05, 3.63) is 59.3 Å². The van der Waals surface area contributed by atoms with Crippen molar-refractivity contribution in [2.75, 3.05) is 12.4 Å². The number of ether oxygens (including phenoxy) is 1. The van der Waals surface area contributed by atoms with E-state index in [1.807, 2.05) is 32.2 Å². The van der Waals surface area contributed by atoms with Crippen molar-refractivity contribution in [1.29, 1.82) is 0 Å². The number of aromatic carboxylic acids is 1. The Hall–Kier alpha value is -3.28. The quantitative estimate of drug-likeness (QED) is 0.494. The lowest BCUT2D eigenvalue weighted by Gasteiger charge is -2.14. The van der Waals surface area contributed by atoms with Crippen LogP contribution < -0.4 is 10.1 Å². The summed E-state index contributed by atoms with van der Waals surface area (Å²) < 4.78 is 7.49. The summed E-state index contributed by atoms with van der Waals surface area (Å²) in [6.45, 7) is 4.14. The fraction of sp³-hybridized carbons (Fsp3) is 0.360. The number of amides is 1. The number of hydrogen-bond donors (Lipinski definition) is 2. The molecule has 0 aliphatic heterocycles. The second-order valence-electron chi connectivity index (χ2n) is 7.89. The molecule has 6 nitrogen and oxygen atoms in total. The van der Waals surface area contributed by atoms with Gasteiger partial charge in [0.15, 0.2) is 0 Å². The Kier molecular flexibility index (Phi) is 7.00. The zero-order chi connectivity index (χ0) is 22.5. The molecular formula is C25H30N2O4. The van der Waals surface area contributed by atoms with Crippen molar-refractivity contribution < 1.29 is 19.4 Å². The molecule has 0 spiro atoms. The third kappa shape index (κ3) is 4.90. The highest BCUT2D eigenvalue weighted by Crippen LogP contribution is 2.30. The second-order valence-corrected chi connectivity index (χ2v) is 7.89. The van der Waals surface area contributed by atoms with Crippen LogP contribution in [0.1, 0.15) is 54.6 Å². The van der Waals surface area contributed by atoms with Gasteiger partial charge in [0.25, 0.3) is 0 Å². The van der Waals surface area contributed by atoms with Gasteiger partial charge in [0.05, 0.1) is 12.7 Å². The van der Waals surface area contributed by atoms with E-state index in [9.17, 15) is 14.7 Å². The predicted molar refractivity (Wildman–Crippen MR) is 123 cm³/mol. The van der Waals surface area contributed by atoms with Gasteiger partial charge >= 0.3 is 5.97 Å². The minimum absolute atomic E-state index is 0.0213. The molecule has 1 amide bonds. The summed E-state index contributed by atoms with van der Waals surface area (Å²) in [5.74, 6) is -0.351. The molecule has 1 unspecified atom stereocenters.